The van der Waals surface area contributed by atoms with Crippen molar-refractivity contribution in [1.82, 2.24) is 0 Å². The molecule has 2 aromatic rings. The summed E-state index contributed by atoms with van der Waals surface area (Å²) in [6.45, 7) is 0. The number of rotatable bonds is 0. The zero-order valence-electron chi connectivity index (χ0n) is 9.98. The van der Waals surface area contributed by atoms with Crippen LogP contribution in [0.15, 0.2) is 48.5 Å². The van der Waals surface area contributed by atoms with E-state index in [1.165, 1.54) is 22.3 Å². The molecule has 0 unspecified atom stereocenters. The van der Waals surface area contributed by atoms with Gasteiger partial charge < -0.3 is 0 Å². The lowest BCUT2D eigenvalue weighted by Gasteiger charge is -2.39. The predicted molar refractivity (Wildman–Crippen MR) is 86.6 cm³/mol. The molecule has 0 aromatic heterocycles. The Morgan fingerprint density at radius 2 is 1.42 bits per heavy atom. The second-order valence-corrected chi connectivity index (χ2v) is 7.75. The quantitative estimate of drug-likeness (QED) is 0.516. The van der Waals surface area contributed by atoms with Crippen molar-refractivity contribution >= 4 is 43.5 Å². The first kappa shape index (κ1) is 12.4. The topological polar surface area (TPSA) is 0 Å². The Morgan fingerprint density at radius 1 is 0.842 bits per heavy atom. The van der Waals surface area contributed by atoms with Gasteiger partial charge in [-0.15, -0.1) is 11.6 Å². The van der Waals surface area contributed by atoms with Gasteiger partial charge in [-0.05, 0) is 22.3 Å². The van der Waals surface area contributed by atoms with Crippen molar-refractivity contribution in [3.8, 4) is 0 Å². The smallest absolute Gasteiger partial charge is 0.0996 e. The molecule has 0 saturated carbocycles. The molecule has 96 valence electrons. The van der Waals surface area contributed by atoms with Gasteiger partial charge in [-0.3, -0.25) is 0 Å². The Morgan fingerprint density at radius 3 is 2.16 bits per heavy atom. The molecule has 0 amide bonds. The molecule has 2 aliphatic rings. The molecule has 19 heavy (non-hydrogen) atoms. The fourth-order valence-electron chi connectivity index (χ4n) is 3.52. The molecule has 0 heterocycles. The summed E-state index contributed by atoms with van der Waals surface area (Å²) in [6, 6.07) is 17.2. The highest BCUT2D eigenvalue weighted by molar-refractivity contribution is 9.10. The highest BCUT2D eigenvalue weighted by Gasteiger charge is 2.58. The summed E-state index contributed by atoms with van der Waals surface area (Å²) in [5.41, 5.74) is 5.30. The van der Waals surface area contributed by atoms with Gasteiger partial charge in [0.15, 0.2) is 0 Å². The number of hydrogen-bond donors (Lipinski definition) is 0. The second-order valence-electron chi connectivity index (χ2n) is 5.23. The van der Waals surface area contributed by atoms with Crippen LogP contribution < -0.4 is 0 Å². The van der Waals surface area contributed by atoms with Crippen LogP contribution in [0.3, 0.4) is 0 Å². The van der Waals surface area contributed by atoms with Gasteiger partial charge in [-0.25, -0.2) is 0 Å². The third kappa shape index (κ3) is 1.40. The van der Waals surface area contributed by atoms with E-state index in [9.17, 15) is 0 Å². The highest BCUT2D eigenvalue weighted by Crippen LogP contribution is 2.66. The van der Waals surface area contributed by atoms with Gasteiger partial charge in [-0.1, -0.05) is 80.4 Å². The summed E-state index contributed by atoms with van der Waals surface area (Å²) in [6.07, 6.45) is 0. The molecule has 2 aliphatic carbocycles. The van der Waals surface area contributed by atoms with Crippen LogP contribution in [0.4, 0.5) is 0 Å². The van der Waals surface area contributed by atoms with Crippen molar-refractivity contribution in [1.29, 1.82) is 0 Å². The van der Waals surface area contributed by atoms with Crippen LogP contribution in [0.2, 0.25) is 0 Å². The fourth-order valence-corrected chi connectivity index (χ4v) is 6.32. The summed E-state index contributed by atoms with van der Waals surface area (Å²) in [4.78, 5) is -0.0595. The lowest BCUT2D eigenvalue weighted by atomic mass is 9.80. The minimum absolute atomic E-state index is 0.127. The van der Waals surface area contributed by atoms with Crippen LogP contribution in [0.5, 0.6) is 0 Å². The van der Waals surface area contributed by atoms with Gasteiger partial charge in [0, 0.05) is 5.92 Å². The maximum absolute atomic E-state index is 7.07. The average molecular weight is 399 g/mol. The van der Waals surface area contributed by atoms with Crippen molar-refractivity contribution in [3.05, 3.63) is 70.8 Å². The van der Waals surface area contributed by atoms with Crippen molar-refractivity contribution in [3.63, 3.8) is 0 Å². The molecule has 0 radical (unpaired) electrons. The summed E-state index contributed by atoms with van der Waals surface area (Å²) >= 11 is 14.8. The third-order valence-corrected chi connectivity index (χ3v) is 8.03. The van der Waals surface area contributed by atoms with Crippen LogP contribution in [0.25, 0.3) is 0 Å². The normalized spacial score (nSPS) is 34.8. The molecule has 0 saturated heterocycles. The Bertz CT molecular complexity index is 658. The van der Waals surface area contributed by atoms with Crippen molar-refractivity contribution in [2.24, 2.45) is 0 Å². The van der Waals surface area contributed by atoms with Gasteiger partial charge in [0.05, 0.1) is 14.5 Å². The monoisotopic (exact) mass is 396 g/mol. The minimum Gasteiger partial charge on any atom is -0.111 e. The van der Waals surface area contributed by atoms with Crippen molar-refractivity contribution in [2.75, 3.05) is 0 Å². The van der Waals surface area contributed by atoms with E-state index in [1.807, 2.05) is 0 Å². The summed E-state index contributed by atoms with van der Waals surface area (Å²) in [7, 11) is 0. The van der Waals surface area contributed by atoms with E-state index >= 15 is 0 Å². The molecule has 0 N–H and O–H groups in total. The van der Waals surface area contributed by atoms with E-state index in [2.05, 4.69) is 80.4 Å². The fraction of sp³-hybridized carbons (Fsp3) is 0.250. The zero-order valence-corrected chi connectivity index (χ0v) is 13.9. The Balaban J connectivity index is 2.10. The van der Waals surface area contributed by atoms with Crippen molar-refractivity contribution < 1.29 is 0 Å². The molecule has 0 nitrogen and oxygen atoms in total. The number of hydrogen-bond acceptors (Lipinski definition) is 0. The van der Waals surface area contributed by atoms with Crippen molar-refractivity contribution in [2.45, 2.75) is 20.4 Å². The number of alkyl halides is 3. The van der Waals surface area contributed by atoms with E-state index in [4.69, 9.17) is 11.6 Å². The van der Waals surface area contributed by atoms with E-state index in [0.717, 1.165) is 0 Å². The first-order chi connectivity index (χ1) is 9.15. The van der Waals surface area contributed by atoms with Gasteiger partial charge in [0.1, 0.15) is 0 Å². The first-order valence-corrected chi connectivity index (χ1v) is 8.52. The molecule has 0 aliphatic heterocycles. The summed E-state index contributed by atoms with van der Waals surface area (Å²) in [5, 5.41) is 0. The standard InChI is InChI=1S/C16H11Br2Cl/c17-14-10-6-2-1-5-9(10)13-11-7-3-4-8-12(11)16(14,19)15(13)18/h1-8,13-15H/t13-,14+,15-,16+/m0/s1. The Hall–Kier alpha value is -0.310. The van der Waals surface area contributed by atoms with Crippen LogP contribution in [0, 0.1) is 0 Å². The maximum Gasteiger partial charge on any atom is 0.0996 e. The number of halogens is 3. The lowest BCUT2D eigenvalue weighted by Crippen LogP contribution is -2.36. The SMILES string of the molecule is Cl[C@]12c3ccccc3[C@H](c3ccccc3[C@H]1Br)[C@@H]2Br. The lowest BCUT2D eigenvalue weighted by molar-refractivity contribution is 0.553. The van der Waals surface area contributed by atoms with E-state index < -0.39 is 4.87 Å². The predicted octanol–water partition coefficient (Wildman–Crippen LogP) is 5.48. The molecular formula is C16H11Br2Cl. The van der Waals surface area contributed by atoms with Crippen LogP contribution in [0.1, 0.15) is 33.0 Å². The van der Waals surface area contributed by atoms with E-state index in [1.54, 1.807) is 0 Å². The molecule has 0 spiro atoms. The highest BCUT2D eigenvalue weighted by atomic mass is 79.9. The van der Waals surface area contributed by atoms with Gasteiger partial charge in [0.25, 0.3) is 0 Å². The summed E-state index contributed by atoms with van der Waals surface area (Å²) < 4.78 is 0. The van der Waals surface area contributed by atoms with E-state index in [-0.39, 0.29) is 9.65 Å². The molecule has 2 aromatic carbocycles. The number of benzene rings is 2. The van der Waals surface area contributed by atoms with Gasteiger partial charge in [-0.2, -0.15) is 0 Å². The van der Waals surface area contributed by atoms with Gasteiger partial charge >= 0.3 is 0 Å². The second kappa shape index (κ2) is 4.09. The molecule has 2 bridgehead atoms. The minimum atomic E-state index is -0.407. The first-order valence-electron chi connectivity index (χ1n) is 6.31. The molecule has 3 heteroatoms. The number of fused-ring (bicyclic) bond motifs is 7. The average Bonchev–Trinajstić information content (AvgIpc) is 2.63. The third-order valence-electron chi connectivity index (χ3n) is 4.38. The van der Waals surface area contributed by atoms with Crippen LogP contribution in [-0.4, -0.2) is 4.83 Å². The maximum atomic E-state index is 7.07. The molecule has 4 rings (SSSR count). The zero-order chi connectivity index (χ0) is 13.2. The molecule has 4 atom stereocenters. The largest absolute Gasteiger partial charge is 0.111 e. The Labute approximate surface area is 134 Å². The Kier molecular flexibility index (Phi) is 2.68. The summed E-state index contributed by atoms with van der Waals surface area (Å²) in [5.74, 6) is 0.346. The van der Waals surface area contributed by atoms with Crippen LogP contribution in [-0.2, 0) is 4.87 Å². The van der Waals surface area contributed by atoms with Gasteiger partial charge in [0.2, 0.25) is 0 Å². The van der Waals surface area contributed by atoms with Crippen LogP contribution >= 0.6 is 43.5 Å². The molecular weight excluding hydrogens is 387 g/mol. The molecule has 0 fully saturated rings. The van der Waals surface area contributed by atoms with E-state index in [0.29, 0.717) is 5.92 Å².